The van der Waals surface area contributed by atoms with Crippen molar-refractivity contribution in [3.05, 3.63) is 60.3 Å². The van der Waals surface area contributed by atoms with E-state index in [1.165, 1.54) is 17.8 Å². The average Bonchev–Trinajstić information content (AvgIpc) is 2.84. The summed E-state index contributed by atoms with van der Waals surface area (Å²) >= 11 is 1.36. The fraction of sp³-hybridized carbons (Fsp3) is 0.423. The molecule has 2 aromatic heterocycles. The molecule has 3 N–H and O–H groups in total. The van der Waals surface area contributed by atoms with Gasteiger partial charge in [0.05, 0.1) is 6.61 Å². The van der Waals surface area contributed by atoms with Gasteiger partial charge in [0.15, 0.2) is 0 Å². The van der Waals surface area contributed by atoms with E-state index in [0.29, 0.717) is 22.4 Å². The molecule has 1 atom stereocenters. The van der Waals surface area contributed by atoms with Crippen molar-refractivity contribution < 1.29 is 9.13 Å². The molecule has 0 aliphatic carbocycles. The summed E-state index contributed by atoms with van der Waals surface area (Å²) in [6, 6.07) is 11.1. The molecule has 3 rings (SSSR count). The van der Waals surface area contributed by atoms with Gasteiger partial charge in [-0.1, -0.05) is 25.1 Å². The van der Waals surface area contributed by atoms with Crippen LogP contribution in [0.1, 0.15) is 38.8 Å². The number of ether oxygens (including phenoxy) is 1. The summed E-state index contributed by atoms with van der Waals surface area (Å²) in [7, 11) is 2.14. The number of aromatic nitrogens is 3. The number of hydrogen-bond donors (Lipinski definition) is 2. The lowest BCUT2D eigenvalue weighted by atomic mass is 10.0. The van der Waals surface area contributed by atoms with Crippen LogP contribution in [0.3, 0.4) is 0 Å². The minimum absolute atomic E-state index is 0.201. The van der Waals surface area contributed by atoms with Crippen LogP contribution in [0.4, 0.5) is 21.8 Å². The molecule has 9 heteroatoms. The summed E-state index contributed by atoms with van der Waals surface area (Å²) in [5, 5.41) is 3.17. The van der Waals surface area contributed by atoms with Crippen LogP contribution in [-0.4, -0.2) is 52.7 Å². The second-order valence-electron chi connectivity index (χ2n) is 8.32. The number of nitrogens with one attached hydrogen (secondary N) is 1. The van der Waals surface area contributed by atoms with Gasteiger partial charge in [0.25, 0.3) is 0 Å². The molecule has 3 aromatic rings. The van der Waals surface area contributed by atoms with Crippen LogP contribution in [0.25, 0.3) is 0 Å². The highest BCUT2D eigenvalue weighted by molar-refractivity contribution is 7.99. The van der Waals surface area contributed by atoms with E-state index in [2.05, 4.69) is 39.1 Å². The molecule has 0 saturated heterocycles. The maximum atomic E-state index is 14.7. The highest BCUT2D eigenvalue weighted by Gasteiger charge is 2.15. The topological polar surface area (TPSA) is 89.2 Å². The Morgan fingerprint density at radius 3 is 2.63 bits per heavy atom. The van der Waals surface area contributed by atoms with E-state index in [1.807, 2.05) is 31.2 Å². The second-order valence-corrected chi connectivity index (χ2v) is 9.43. The second kappa shape index (κ2) is 14.0. The number of likely N-dealkylation sites (N-methyl/N-ethyl adjacent to an activating group) is 1. The van der Waals surface area contributed by atoms with Crippen molar-refractivity contribution in [2.45, 2.75) is 55.4 Å². The fourth-order valence-corrected chi connectivity index (χ4v) is 4.63. The van der Waals surface area contributed by atoms with Crippen molar-refractivity contribution in [3.63, 3.8) is 0 Å². The predicted molar refractivity (Wildman–Crippen MR) is 141 cm³/mol. The standard InChI is InChI=1S/C26H35FN6OS/c1-4-6-21(33(3)15-16-34-5-2)9-7-20-18-25(32-26(28)31-20)30-19-8-10-24(23(27)17-19)35-22-11-13-29-14-12-22/h8,10-14,17-18,21H,4-7,9,15-16H2,1-3H3,(H3,28,30,31,32). The molecule has 1 aromatic carbocycles. The molecule has 0 bridgehead atoms. The van der Waals surface area contributed by atoms with E-state index in [1.54, 1.807) is 18.5 Å². The number of halogens is 1. The van der Waals surface area contributed by atoms with E-state index in [4.69, 9.17) is 10.5 Å². The minimum atomic E-state index is -0.309. The zero-order valence-electron chi connectivity index (χ0n) is 20.7. The third-order valence-electron chi connectivity index (χ3n) is 5.65. The molecule has 0 aliphatic rings. The SMILES string of the molecule is CCCC(CCc1cc(Nc2ccc(Sc3ccncc3)c(F)c2)nc(N)n1)N(C)CCOCC. The molecule has 35 heavy (non-hydrogen) atoms. The maximum Gasteiger partial charge on any atom is 0.222 e. The van der Waals surface area contributed by atoms with Crippen LogP contribution < -0.4 is 11.1 Å². The zero-order valence-corrected chi connectivity index (χ0v) is 21.5. The summed E-state index contributed by atoms with van der Waals surface area (Å²) in [4.78, 5) is 16.5. The van der Waals surface area contributed by atoms with Gasteiger partial charge in [0.1, 0.15) is 11.6 Å². The first-order valence-electron chi connectivity index (χ1n) is 12.0. The van der Waals surface area contributed by atoms with Gasteiger partial charge in [-0.2, -0.15) is 4.98 Å². The van der Waals surface area contributed by atoms with E-state index in [9.17, 15) is 4.39 Å². The number of anilines is 3. The van der Waals surface area contributed by atoms with Crippen molar-refractivity contribution in [1.29, 1.82) is 0 Å². The average molecular weight is 499 g/mol. The zero-order chi connectivity index (χ0) is 25.0. The molecule has 0 fully saturated rings. The van der Waals surface area contributed by atoms with Crippen molar-refractivity contribution in [2.75, 3.05) is 37.9 Å². The molecular weight excluding hydrogens is 463 g/mol. The Morgan fingerprint density at radius 1 is 1.11 bits per heavy atom. The van der Waals surface area contributed by atoms with E-state index in [-0.39, 0.29) is 11.8 Å². The lowest BCUT2D eigenvalue weighted by Gasteiger charge is -2.27. The van der Waals surface area contributed by atoms with Crippen molar-refractivity contribution in [2.24, 2.45) is 0 Å². The number of benzene rings is 1. The first-order chi connectivity index (χ1) is 17.0. The van der Waals surface area contributed by atoms with Gasteiger partial charge >= 0.3 is 0 Å². The van der Waals surface area contributed by atoms with Gasteiger partial charge < -0.3 is 20.7 Å². The van der Waals surface area contributed by atoms with E-state index in [0.717, 1.165) is 56.0 Å². The number of nitrogens with zero attached hydrogens (tertiary/aromatic N) is 4. The first kappa shape index (κ1) is 26.8. The van der Waals surface area contributed by atoms with E-state index < -0.39 is 0 Å². The Labute approximate surface area is 211 Å². The highest BCUT2D eigenvalue weighted by atomic mass is 32.2. The Balaban J connectivity index is 1.63. The number of aryl methyl sites for hydroxylation is 1. The van der Waals surface area contributed by atoms with Crippen molar-refractivity contribution in [3.8, 4) is 0 Å². The van der Waals surface area contributed by atoms with Crippen LogP contribution in [0.15, 0.2) is 58.6 Å². The van der Waals surface area contributed by atoms with Crippen LogP contribution in [-0.2, 0) is 11.2 Å². The highest BCUT2D eigenvalue weighted by Crippen LogP contribution is 2.31. The van der Waals surface area contributed by atoms with Gasteiger partial charge in [0.2, 0.25) is 5.95 Å². The Morgan fingerprint density at radius 2 is 1.91 bits per heavy atom. The Bertz CT molecular complexity index is 1060. The molecule has 0 aliphatic heterocycles. The number of hydrogen-bond acceptors (Lipinski definition) is 8. The maximum absolute atomic E-state index is 14.7. The fourth-order valence-electron chi connectivity index (χ4n) is 3.82. The predicted octanol–water partition coefficient (Wildman–Crippen LogP) is 5.56. The summed E-state index contributed by atoms with van der Waals surface area (Å²) in [5.74, 6) is 0.446. The normalized spacial score (nSPS) is 12.1. The summed E-state index contributed by atoms with van der Waals surface area (Å²) in [6.45, 7) is 6.59. The van der Waals surface area contributed by atoms with Crippen LogP contribution >= 0.6 is 11.8 Å². The summed E-state index contributed by atoms with van der Waals surface area (Å²) in [6.07, 6.45) is 7.34. The Hall–Kier alpha value is -2.75. The molecule has 7 nitrogen and oxygen atoms in total. The quantitative estimate of drug-likeness (QED) is 0.279. The molecule has 0 spiro atoms. The monoisotopic (exact) mass is 498 g/mol. The molecular formula is C26H35FN6OS. The number of rotatable bonds is 14. The van der Waals surface area contributed by atoms with Crippen molar-refractivity contribution >= 4 is 29.2 Å². The van der Waals surface area contributed by atoms with Gasteiger partial charge in [-0.3, -0.25) is 4.98 Å². The smallest absolute Gasteiger partial charge is 0.222 e. The largest absolute Gasteiger partial charge is 0.380 e. The summed E-state index contributed by atoms with van der Waals surface area (Å²) in [5.41, 5.74) is 7.45. The van der Waals surface area contributed by atoms with Crippen molar-refractivity contribution in [1.82, 2.24) is 19.9 Å². The third kappa shape index (κ3) is 8.76. The van der Waals surface area contributed by atoms with Gasteiger partial charge in [-0.25, -0.2) is 9.37 Å². The van der Waals surface area contributed by atoms with Crippen LogP contribution in [0, 0.1) is 5.82 Å². The van der Waals surface area contributed by atoms with Gasteiger partial charge in [-0.15, -0.1) is 0 Å². The summed E-state index contributed by atoms with van der Waals surface area (Å²) < 4.78 is 20.2. The third-order valence-corrected chi connectivity index (χ3v) is 6.71. The van der Waals surface area contributed by atoms with Gasteiger partial charge in [-0.05, 0) is 63.6 Å². The number of pyridine rings is 1. The van der Waals surface area contributed by atoms with E-state index >= 15 is 0 Å². The Kier molecular flexibility index (Phi) is 10.7. The van der Waals surface area contributed by atoms with Crippen LogP contribution in [0.5, 0.6) is 0 Å². The molecule has 0 radical (unpaired) electrons. The molecule has 0 saturated carbocycles. The first-order valence-corrected chi connectivity index (χ1v) is 12.9. The number of nitrogens with two attached hydrogens (primary N) is 1. The lowest BCUT2D eigenvalue weighted by Crippen LogP contribution is -2.34. The molecule has 2 heterocycles. The molecule has 1 unspecified atom stereocenters. The minimum Gasteiger partial charge on any atom is -0.380 e. The molecule has 188 valence electrons. The number of nitrogen functional groups attached to an aromatic ring is 1. The lowest BCUT2D eigenvalue weighted by molar-refractivity contribution is 0.103. The van der Waals surface area contributed by atoms with Gasteiger partial charge in [0, 0.05) is 58.8 Å². The molecule has 0 amide bonds. The van der Waals surface area contributed by atoms with Crippen LogP contribution in [0.2, 0.25) is 0 Å².